The fraction of sp³-hybridized carbons (Fsp3) is 0.176. The molecule has 3 aromatic rings. The van der Waals surface area contributed by atoms with Crippen LogP contribution in [0, 0.1) is 30.9 Å². The Morgan fingerprint density at radius 3 is 2.50 bits per heavy atom. The van der Waals surface area contributed by atoms with Gasteiger partial charge in [0.15, 0.2) is 11.5 Å². The topological polar surface area (TPSA) is 123 Å². The number of hydrogen-bond donors (Lipinski definition) is 2. The van der Waals surface area contributed by atoms with Crippen molar-refractivity contribution in [1.82, 2.24) is 10.1 Å². The van der Waals surface area contributed by atoms with Gasteiger partial charge < -0.3 is 14.7 Å². The van der Waals surface area contributed by atoms with Crippen LogP contribution in [-0.2, 0) is 0 Å². The van der Waals surface area contributed by atoms with Crippen LogP contribution in [0.3, 0.4) is 0 Å². The van der Waals surface area contributed by atoms with E-state index >= 15 is 0 Å². The Hall–Kier alpha value is -3.13. The Kier molecular flexibility index (Phi) is 4.29. The van der Waals surface area contributed by atoms with Gasteiger partial charge in [-0.25, -0.2) is 4.98 Å². The number of aryl methyl sites for hydroxylation is 1. The molecule has 8 nitrogen and oxygen atoms in total. The molecule has 3 rings (SSSR count). The summed E-state index contributed by atoms with van der Waals surface area (Å²) in [5.74, 6) is -1.09. The van der Waals surface area contributed by atoms with Crippen LogP contribution in [0.25, 0.3) is 22.6 Å². The summed E-state index contributed by atoms with van der Waals surface area (Å²) in [7, 11) is 0. The minimum absolute atomic E-state index is 0.215. The number of nitro groups is 1. The molecule has 2 heterocycles. The fourth-order valence-corrected chi connectivity index (χ4v) is 2.97. The fourth-order valence-electron chi connectivity index (χ4n) is 2.61. The van der Waals surface area contributed by atoms with E-state index in [-0.39, 0.29) is 16.4 Å². The Morgan fingerprint density at radius 2 is 1.85 bits per heavy atom. The zero-order chi connectivity index (χ0) is 19.2. The van der Waals surface area contributed by atoms with E-state index in [1.807, 2.05) is 20.8 Å². The van der Waals surface area contributed by atoms with Crippen LogP contribution in [0.1, 0.15) is 16.8 Å². The largest absolute Gasteiger partial charge is 0.504 e. The van der Waals surface area contributed by atoms with Crippen molar-refractivity contribution in [3.05, 3.63) is 50.3 Å². The lowest BCUT2D eigenvalue weighted by molar-refractivity contribution is -0.385. The second-order valence-electron chi connectivity index (χ2n) is 5.81. The summed E-state index contributed by atoms with van der Waals surface area (Å²) in [5, 5.41) is 34.5. The molecule has 0 spiro atoms. The number of aromatic hydroxyl groups is 2. The van der Waals surface area contributed by atoms with E-state index < -0.39 is 22.1 Å². The summed E-state index contributed by atoms with van der Waals surface area (Å²) in [5.41, 5.74) is 3.04. The van der Waals surface area contributed by atoms with Crippen molar-refractivity contribution in [2.24, 2.45) is 0 Å². The first-order valence-electron chi connectivity index (χ1n) is 7.51. The van der Waals surface area contributed by atoms with Crippen molar-refractivity contribution >= 4 is 17.3 Å². The van der Waals surface area contributed by atoms with Crippen LogP contribution in [-0.4, -0.2) is 25.3 Å². The van der Waals surface area contributed by atoms with Gasteiger partial charge in [-0.2, -0.15) is 0 Å². The highest BCUT2D eigenvalue weighted by molar-refractivity contribution is 6.32. The third kappa shape index (κ3) is 2.84. The highest BCUT2D eigenvalue weighted by Gasteiger charge is 2.22. The van der Waals surface area contributed by atoms with Crippen molar-refractivity contribution in [3.63, 3.8) is 0 Å². The minimum atomic E-state index is -0.806. The van der Waals surface area contributed by atoms with E-state index in [0.29, 0.717) is 11.3 Å². The molecule has 26 heavy (non-hydrogen) atoms. The van der Waals surface area contributed by atoms with Crippen molar-refractivity contribution in [3.8, 4) is 34.1 Å². The van der Waals surface area contributed by atoms with Crippen LogP contribution < -0.4 is 0 Å². The maximum atomic E-state index is 11.0. The molecule has 9 heteroatoms. The monoisotopic (exact) mass is 375 g/mol. The maximum absolute atomic E-state index is 11.0. The lowest BCUT2D eigenvalue weighted by atomic mass is 10.0. The standard InChI is InChI=1S/C17H14ClN3O5/c1-7-8(2)15(17(18)19-9(7)3)14-6-11(20-26-14)10-4-12(21(24)25)16(23)13(22)5-10/h4-6,22-23H,1-3H3. The summed E-state index contributed by atoms with van der Waals surface area (Å²) in [6.07, 6.45) is 0. The third-order valence-corrected chi connectivity index (χ3v) is 4.54. The van der Waals surface area contributed by atoms with E-state index in [2.05, 4.69) is 10.1 Å². The predicted octanol–water partition coefficient (Wildman–Crippen LogP) is 4.30. The first kappa shape index (κ1) is 17.7. The molecule has 0 aliphatic heterocycles. The molecule has 0 unspecified atom stereocenters. The van der Waals surface area contributed by atoms with Gasteiger partial charge in [-0.3, -0.25) is 10.1 Å². The SMILES string of the molecule is Cc1nc(Cl)c(-c2cc(-c3cc(O)c(O)c([N+](=O)[O-])c3)no2)c(C)c1C. The number of rotatable bonds is 3. The summed E-state index contributed by atoms with van der Waals surface area (Å²) in [6.45, 7) is 5.64. The summed E-state index contributed by atoms with van der Waals surface area (Å²) in [6, 6.07) is 3.81. The average Bonchev–Trinajstić information content (AvgIpc) is 3.04. The van der Waals surface area contributed by atoms with Gasteiger partial charge in [0.2, 0.25) is 5.75 Å². The molecule has 0 fully saturated rings. The second-order valence-corrected chi connectivity index (χ2v) is 6.17. The van der Waals surface area contributed by atoms with Gasteiger partial charge in [0.25, 0.3) is 0 Å². The van der Waals surface area contributed by atoms with Gasteiger partial charge in [-0.05, 0) is 38.0 Å². The Bertz CT molecular complexity index is 1050. The zero-order valence-corrected chi connectivity index (χ0v) is 14.8. The minimum Gasteiger partial charge on any atom is -0.504 e. The first-order valence-corrected chi connectivity index (χ1v) is 7.89. The number of halogens is 1. The van der Waals surface area contributed by atoms with Crippen LogP contribution in [0.2, 0.25) is 5.15 Å². The highest BCUT2D eigenvalue weighted by atomic mass is 35.5. The molecule has 0 saturated carbocycles. The average molecular weight is 376 g/mol. The van der Waals surface area contributed by atoms with Crippen LogP contribution in [0.5, 0.6) is 11.5 Å². The molecule has 134 valence electrons. The molecule has 2 aromatic heterocycles. The van der Waals surface area contributed by atoms with Crippen molar-refractivity contribution < 1.29 is 19.7 Å². The third-order valence-electron chi connectivity index (χ3n) is 4.27. The quantitative estimate of drug-likeness (QED) is 0.302. The Morgan fingerprint density at radius 1 is 1.15 bits per heavy atom. The highest BCUT2D eigenvalue weighted by Crippen LogP contribution is 2.40. The molecule has 0 amide bonds. The molecule has 2 N–H and O–H groups in total. The number of pyridine rings is 1. The maximum Gasteiger partial charge on any atom is 0.315 e. The summed E-state index contributed by atoms with van der Waals surface area (Å²) >= 11 is 6.25. The Balaban J connectivity index is 2.13. The predicted molar refractivity (Wildman–Crippen MR) is 94.4 cm³/mol. The van der Waals surface area contributed by atoms with Gasteiger partial charge in [0.1, 0.15) is 10.8 Å². The van der Waals surface area contributed by atoms with Crippen molar-refractivity contribution in [1.29, 1.82) is 0 Å². The molecule has 0 radical (unpaired) electrons. The zero-order valence-electron chi connectivity index (χ0n) is 14.1. The van der Waals surface area contributed by atoms with Gasteiger partial charge in [0, 0.05) is 23.4 Å². The lowest BCUT2D eigenvalue weighted by Crippen LogP contribution is -1.96. The lowest BCUT2D eigenvalue weighted by Gasteiger charge is -2.09. The number of nitrogens with zero attached hydrogens (tertiary/aromatic N) is 3. The van der Waals surface area contributed by atoms with Gasteiger partial charge in [-0.1, -0.05) is 16.8 Å². The number of phenolic OH excluding ortho intramolecular Hbond substituents is 2. The van der Waals surface area contributed by atoms with Crippen molar-refractivity contribution in [2.75, 3.05) is 0 Å². The van der Waals surface area contributed by atoms with Gasteiger partial charge >= 0.3 is 5.69 Å². The van der Waals surface area contributed by atoms with Gasteiger partial charge in [0.05, 0.1) is 10.5 Å². The number of hydrogen-bond acceptors (Lipinski definition) is 7. The van der Waals surface area contributed by atoms with E-state index in [4.69, 9.17) is 16.1 Å². The Labute approximate surface area is 152 Å². The molecule has 0 atom stereocenters. The molecule has 0 aliphatic carbocycles. The molecular formula is C17H14ClN3O5. The summed E-state index contributed by atoms with van der Waals surface area (Å²) < 4.78 is 5.34. The molecule has 1 aromatic carbocycles. The normalized spacial score (nSPS) is 10.9. The van der Waals surface area contributed by atoms with E-state index in [1.165, 1.54) is 0 Å². The van der Waals surface area contributed by atoms with Gasteiger partial charge in [-0.15, -0.1) is 0 Å². The number of aromatic nitrogens is 2. The van der Waals surface area contributed by atoms with Crippen LogP contribution >= 0.6 is 11.6 Å². The van der Waals surface area contributed by atoms with E-state index in [1.54, 1.807) is 6.07 Å². The first-order chi connectivity index (χ1) is 12.2. The van der Waals surface area contributed by atoms with E-state index in [0.717, 1.165) is 29.0 Å². The molecule has 0 bridgehead atoms. The smallest absolute Gasteiger partial charge is 0.315 e. The second kappa shape index (κ2) is 6.30. The number of benzene rings is 1. The van der Waals surface area contributed by atoms with Crippen molar-refractivity contribution in [2.45, 2.75) is 20.8 Å². The summed E-state index contributed by atoms with van der Waals surface area (Å²) in [4.78, 5) is 14.5. The molecular weight excluding hydrogens is 362 g/mol. The van der Waals surface area contributed by atoms with Crippen LogP contribution in [0.4, 0.5) is 5.69 Å². The number of nitro benzene ring substituents is 1. The van der Waals surface area contributed by atoms with Crippen LogP contribution in [0.15, 0.2) is 22.7 Å². The van der Waals surface area contributed by atoms with E-state index in [9.17, 15) is 20.3 Å². The molecule has 0 aliphatic rings. The number of phenols is 2. The molecule has 0 saturated heterocycles.